The van der Waals surface area contributed by atoms with Crippen molar-refractivity contribution in [3.8, 4) is 67.5 Å². The third-order valence-electron chi connectivity index (χ3n) is 11.3. The van der Waals surface area contributed by atoms with E-state index in [9.17, 15) is 7.85 Å². The zero-order chi connectivity index (χ0) is 51.3. The van der Waals surface area contributed by atoms with Gasteiger partial charge >= 0.3 is 0 Å². The predicted octanol–water partition coefficient (Wildman–Crippen LogP) is 15.5. The molecule has 2 heterocycles. The molecule has 8 rings (SSSR count). The Labute approximate surface area is 375 Å². The molecule has 0 radical (unpaired) electrons. The molecule has 6 aromatic carbocycles. The lowest BCUT2D eigenvalue weighted by Crippen LogP contribution is -2.17. The summed E-state index contributed by atoms with van der Waals surface area (Å²) in [5.74, 6) is -0.377. The van der Waals surface area contributed by atoms with Crippen molar-refractivity contribution in [1.82, 2.24) is 14.5 Å². The number of hydrogen-bond donors (Lipinski definition) is 1. The van der Waals surface area contributed by atoms with Gasteiger partial charge in [0.1, 0.15) is 11.6 Å². The number of aromatic hydroxyl groups is 1. The molecule has 1 N–H and O–H groups in total. The largest absolute Gasteiger partial charge is 0.507 e. The zero-order valence-corrected chi connectivity index (χ0v) is 37.0. The second-order valence-corrected chi connectivity index (χ2v) is 19.2. The Morgan fingerprint density at radius 1 is 0.607 bits per heavy atom. The molecule has 0 atom stereocenters. The van der Waals surface area contributed by atoms with Crippen LogP contribution in [0.25, 0.3) is 72.7 Å². The third kappa shape index (κ3) is 8.29. The number of phenols is 1. The summed E-state index contributed by atoms with van der Waals surface area (Å²) in [6.45, 7) is 22.6. The number of aromatic nitrogens is 3. The first kappa shape index (κ1) is 31.6. The standard InChI is InChI=1S/C57H59N3O/c1-36(2)40-27-41(38-21-16-13-17-22-38)32-46(31-40)60-51-24-18-23-47(52(51)59-54(60)48-34-45(56(6,7)8)35-49(53(48)61)57(9,10)11)42-28-43(30-44(29-42)55(3,4)5)50-33-39(25-26-58-50)37-19-14-12-15-20-37/h12-36,61H,1-11H3/i12D,14D,15D,19D,20D,25D,26D,33D,36D. The molecule has 308 valence electrons. The fourth-order valence-corrected chi connectivity index (χ4v) is 7.72. The first-order chi connectivity index (χ1) is 32.5. The molecule has 4 nitrogen and oxygen atoms in total. The smallest absolute Gasteiger partial charge is 0.149 e. The van der Waals surface area contributed by atoms with Crippen LogP contribution in [0.1, 0.15) is 117 Å². The number of para-hydroxylation sites is 1. The quantitative estimate of drug-likeness (QED) is 0.174. The summed E-state index contributed by atoms with van der Waals surface area (Å²) in [4.78, 5) is 10.00. The molecule has 61 heavy (non-hydrogen) atoms. The summed E-state index contributed by atoms with van der Waals surface area (Å²) in [6, 6.07) is 28.2. The van der Waals surface area contributed by atoms with Gasteiger partial charge in [0.15, 0.2) is 0 Å². The fourth-order valence-electron chi connectivity index (χ4n) is 7.72. The highest BCUT2D eigenvalue weighted by Gasteiger charge is 2.29. The van der Waals surface area contributed by atoms with Gasteiger partial charge in [-0.25, -0.2) is 4.98 Å². The van der Waals surface area contributed by atoms with Crippen molar-refractivity contribution >= 4 is 11.0 Å². The van der Waals surface area contributed by atoms with E-state index in [1.165, 1.54) is 0 Å². The molecular formula is C57H59N3O. The van der Waals surface area contributed by atoms with E-state index in [1.807, 2.05) is 86.6 Å². The maximum Gasteiger partial charge on any atom is 0.149 e. The maximum absolute atomic E-state index is 12.5. The highest BCUT2D eigenvalue weighted by molar-refractivity contribution is 5.97. The molecule has 0 fully saturated rings. The maximum atomic E-state index is 12.5. The summed E-state index contributed by atoms with van der Waals surface area (Å²) < 4.78 is 81.0. The van der Waals surface area contributed by atoms with Gasteiger partial charge in [-0.15, -0.1) is 0 Å². The summed E-state index contributed by atoms with van der Waals surface area (Å²) in [5, 5.41) is 12.5. The molecule has 0 saturated carbocycles. The van der Waals surface area contributed by atoms with Crippen LogP contribution in [0, 0.1) is 0 Å². The Morgan fingerprint density at radius 2 is 1.30 bits per heavy atom. The van der Waals surface area contributed by atoms with Crippen LogP contribution in [0.5, 0.6) is 5.75 Å². The van der Waals surface area contributed by atoms with E-state index in [1.54, 1.807) is 0 Å². The summed E-state index contributed by atoms with van der Waals surface area (Å²) >= 11 is 0. The summed E-state index contributed by atoms with van der Waals surface area (Å²) in [6.07, 6.45) is -0.513. The minimum Gasteiger partial charge on any atom is -0.507 e. The van der Waals surface area contributed by atoms with E-state index in [2.05, 4.69) is 96.1 Å². The summed E-state index contributed by atoms with van der Waals surface area (Å²) in [7, 11) is 0. The van der Waals surface area contributed by atoms with Crippen molar-refractivity contribution < 1.29 is 17.4 Å². The minimum atomic E-state index is -0.983. The van der Waals surface area contributed by atoms with Gasteiger partial charge in [0, 0.05) is 29.9 Å². The van der Waals surface area contributed by atoms with Crippen LogP contribution in [0.15, 0.2) is 146 Å². The van der Waals surface area contributed by atoms with Gasteiger partial charge < -0.3 is 5.11 Å². The van der Waals surface area contributed by atoms with Crippen LogP contribution in [0.2, 0.25) is 0 Å². The van der Waals surface area contributed by atoms with Crippen LogP contribution in [-0.4, -0.2) is 19.6 Å². The monoisotopic (exact) mass is 811 g/mol. The molecule has 0 bridgehead atoms. The average molecular weight is 811 g/mol. The highest BCUT2D eigenvalue weighted by Crippen LogP contribution is 2.45. The average Bonchev–Trinajstić information content (AvgIpc) is 3.68. The molecule has 2 aromatic heterocycles. The third-order valence-corrected chi connectivity index (χ3v) is 11.3. The minimum absolute atomic E-state index is 0.00967. The number of imidazole rings is 1. The number of benzene rings is 6. The first-order valence-electron chi connectivity index (χ1n) is 25.3. The number of pyridine rings is 1. The SMILES string of the molecule is [2H]c1nc(-c2cc(-c3cccc4c3nc(-c3cc(C(C)(C)C)cc(C(C)(C)C)c3O)n4-c3cc(-c4ccccc4)cc(C([2H])(C)C)c3)cc(C(C)(C)C)c2)c([2H])c(-c2c([2H])c([2H])c([2H])c([2H])c2[2H])c1[2H]. The molecule has 4 heteroatoms. The van der Waals surface area contributed by atoms with Crippen LogP contribution >= 0.6 is 0 Å². The van der Waals surface area contributed by atoms with Crippen molar-refractivity contribution in [1.29, 1.82) is 0 Å². The number of phenolic OH excluding ortho intramolecular Hbond substituents is 1. The van der Waals surface area contributed by atoms with Gasteiger partial charge in [-0.3, -0.25) is 9.55 Å². The zero-order valence-electron chi connectivity index (χ0n) is 46.0. The fraction of sp³-hybridized carbons (Fsp3) is 0.263. The van der Waals surface area contributed by atoms with E-state index >= 15 is 0 Å². The summed E-state index contributed by atoms with van der Waals surface area (Å²) in [5.41, 5.74) is 7.98. The first-order valence-corrected chi connectivity index (χ1v) is 20.8. The van der Waals surface area contributed by atoms with E-state index in [0.29, 0.717) is 33.6 Å². The van der Waals surface area contributed by atoms with Crippen molar-refractivity contribution in [2.75, 3.05) is 0 Å². The molecule has 0 aliphatic heterocycles. The molecule has 0 saturated heterocycles. The van der Waals surface area contributed by atoms with E-state index in [0.717, 1.165) is 44.6 Å². The van der Waals surface area contributed by atoms with E-state index in [-0.39, 0.29) is 34.0 Å². The number of nitrogens with zero attached hydrogens (tertiary/aromatic N) is 3. The Balaban J connectivity index is 1.49. The predicted molar refractivity (Wildman–Crippen MR) is 258 cm³/mol. The Morgan fingerprint density at radius 3 is 1.97 bits per heavy atom. The topological polar surface area (TPSA) is 50.9 Å². The molecule has 0 unspecified atom stereocenters. The van der Waals surface area contributed by atoms with Crippen LogP contribution in [0.4, 0.5) is 0 Å². The van der Waals surface area contributed by atoms with Crippen molar-refractivity contribution in [3.05, 3.63) is 168 Å². The van der Waals surface area contributed by atoms with Crippen molar-refractivity contribution in [2.45, 2.75) is 98.3 Å². The lowest BCUT2D eigenvalue weighted by Gasteiger charge is -2.27. The van der Waals surface area contributed by atoms with Crippen LogP contribution < -0.4 is 0 Å². The van der Waals surface area contributed by atoms with Crippen LogP contribution in [-0.2, 0) is 16.2 Å². The van der Waals surface area contributed by atoms with Gasteiger partial charge in [0.2, 0.25) is 0 Å². The lowest BCUT2D eigenvalue weighted by atomic mass is 9.79. The Bertz CT molecular complexity index is 3380. The molecule has 0 amide bonds. The molecule has 8 aromatic rings. The van der Waals surface area contributed by atoms with E-state index < -0.39 is 59.2 Å². The molecular weight excluding hydrogens is 743 g/mol. The molecule has 0 aliphatic carbocycles. The second-order valence-electron chi connectivity index (χ2n) is 19.2. The van der Waals surface area contributed by atoms with Gasteiger partial charge in [-0.2, -0.15) is 0 Å². The van der Waals surface area contributed by atoms with E-state index in [4.69, 9.17) is 14.6 Å². The van der Waals surface area contributed by atoms with Crippen molar-refractivity contribution in [3.63, 3.8) is 0 Å². The number of hydrogen-bond acceptors (Lipinski definition) is 3. The Kier molecular flexibility index (Phi) is 8.10. The van der Waals surface area contributed by atoms with Gasteiger partial charge in [-0.1, -0.05) is 167 Å². The molecule has 0 spiro atoms. The number of fused-ring (bicyclic) bond motifs is 1. The van der Waals surface area contributed by atoms with Gasteiger partial charge in [0.25, 0.3) is 0 Å². The van der Waals surface area contributed by atoms with Crippen LogP contribution in [0.3, 0.4) is 0 Å². The normalized spacial score (nSPS) is 14.6. The molecule has 0 aliphatic rings. The second kappa shape index (κ2) is 15.6. The lowest BCUT2D eigenvalue weighted by molar-refractivity contribution is 0.446. The highest BCUT2D eigenvalue weighted by atomic mass is 16.3. The Hall–Kier alpha value is -6.26. The van der Waals surface area contributed by atoms with Gasteiger partial charge in [0.05, 0.1) is 33.3 Å². The van der Waals surface area contributed by atoms with Crippen molar-refractivity contribution in [2.24, 2.45) is 0 Å². The van der Waals surface area contributed by atoms with Gasteiger partial charge in [-0.05, 0) is 115 Å². The number of rotatable bonds is 7.